The first-order valence-corrected chi connectivity index (χ1v) is 7.46. The van der Waals surface area contributed by atoms with Crippen LogP contribution in [0.15, 0.2) is 46.9 Å². The van der Waals surface area contributed by atoms with E-state index < -0.39 is 0 Å². The summed E-state index contributed by atoms with van der Waals surface area (Å²) >= 11 is 3.46. The van der Waals surface area contributed by atoms with Crippen LogP contribution in [-0.4, -0.2) is 16.7 Å². The molecule has 108 valence electrons. The third-order valence-corrected chi connectivity index (χ3v) is 4.19. The van der Waals surface area contributed by atoms with E-state index >= 15 is 0 Å². The number of nitrogen functional groups attached to an aromatic ring is 1. The minimum absolute atomic E-state index is 0.108. The summed E-state index contributed by atoms with van der Waals surface area (Å²) in [6.45, 7) is 2.12. The maximum Gasteiger partial charge on any atom is 0.201 e. The molecule has 1 aromatic heterocycles. The van der Waals surface area contributed by atoms with E-state index in [2.05, 4.69) is 40.0 Å². The summed E-state index contributed by atoms with van der Waals surface area (Å²) in [6.07, 6.45) is 0. The Morgan fingerprint density at radius 2 is 1.90 bits per heavy atom. The number of methoxy groups -OCH3 is 1. The van der Waals surface area contributed by atoms with E-state index in [0.29, 0.717) is 5.95 Å². The van der Waals surface area contributed by atoms with Gasteiger partial charge in [-0.25, -0.2) is 4.98 Å². The lowest BCUT2D eigenvalue weighted by atomic mass is 10.1. The normalized spacial score (nSPS) is 12.5. The number of benzene rings is 2. The monoisotopic (exact) mass is 345 g/mol. The van der Waals surface area contributed by atoms with Crippen LogP contribution in [0, 0.1) is 0 Å². The second-order valence-electron chi connectivity index (χ2n) is 4.92. The van der Waals surface area contributed by atoms with Crippen LogP contribution in [0.2, 0.25) is 0 Å². The molecule has 0 aliphatic heterocycles. The molecular formula is C16H16BrN3O. The highest BCUT2D eigenvalue weighted by molar-refractivity contribution is 9.10. The Kier molecular flexibility index (Phi) is 3.59. The van der Waals surface area contributed by atoms with Gasteiger partial charge in [0.1, 0.15) is 5.75 Å². The Morgan fingerprint density at radius 3 is 2.57 bits per heavy atom. The number of anilines is 1. The van der Waals surface area contributed by atoms with Gasteiger partial charge in [-0.1, -0.05) is 28.1 Å². The van der Waals surface area contributed by atoms with Crippen molar-refractivity contribution in [2.24, 2.45) is 0 Å². The molecule has 0 fully saturated rings. The van der Waals surface area contributed by atoms with Gasteiger partial charge in [-0.2, -0.15) is 0 Å². The van der Waals surface area contributed by atoms with E-state index in [1.165, 1.54) is 5.56 Å². The fourth-order valence-electron chi connectivity index (χ4n) is 2.52. The van der Waals surface area contributed by atoms with Crippen molar-refractivity contribution in [1.29, 1.82) is 0 Å². The Bertz CT molecular complexity index is 780. The van der Waals surface area contributed by atoms with Crippen LogP contribution in [0.25, 0.3) is 11.0 Å². The molecule has 3 rings (SSSR count). The second-order valence-corrected chi connectivity index (χ2v) is 5.84. The summed E-state index contributed by atoms with van der Waals surface area (Å²) in [5.41, 5.74) is 9.14. The molecule has 0 bridgehead atoms. The van der Waals surface area contributed by atoms with Gasteiger partial charge in [0.25, 0.3) is 0 Å². The number of ether oxygens (including phenoxy) is 1. The molecule has 1 heterocycles. The average Bonchev–Trinajstić information content (AvgIpc) is 2.82. The van der Waals surface area contributed by atoms with Crippen molar-refractivity contribution in [2.75, 3.05) is 12.8 Å². The standard InChI is InChI=1S/C16H16BrN3O/c1-10(11-3-5-12(17)6-4-11)20-15-8-7-13(21-2)9-14(15)19-16(20)18/h3-10H,1-2H3,(H2,18,19). The molecule has 2 aromatic carbocycles. The first-order chi connectivity index (χ1) is 10.1. The highest BCUT2D eigenvalue weighted by Gasteiger charge is 2.16. The van der Waals surface area contributed by atoms with Crippen molar-refractivity contribution in [3.63, 3.8) is 0 Å². The Balaban J connectivity index is 2.10. The fraction of sp³-hybridized carbons (Fsp3) is 0.188. The van der Waals surface area contributed by atoms with Crippen molar-refractivity contribution in [3.05, 3.63) is 52.5 Å². The van der Waals surface area contributed by atoms with Crippen LogP contribution in [0.4, 0.5) is 5.95 Å². The second kappa shape index (κ2) is 5.41. The number of halogens is 1. The van der Waals surface area contributed by atoms with Crippen molar-refractivity contribution >= 4 is 32.9 Å². The van der Waals surface area contributed by atoms with Gasteiger partial charge in [0, 0.05) is 10.5 Å². The number of nitrogens with zero attached hydrogens (tertiary/aromatic N) is 2. The summed E-state index contributed by atoms with van der Waals surface area (Å²) in [5.74, 6) is 1.29. The SMILES string of the molecule is COc1ccc2c(c1)nc(N)n2C(C)c1ccc(Br)cc1. The molecule has 3 aromatic rings. The number of imidazole rings is 1. The molecule has 0 radical (unpaired) electrons. The average molecular weight is 346 g/mol. The van der Waals surface area contributed by atoms with E-state index in [4.69, 9.17) is 10.5 Å². The number of aromatic nitrogens is 2. The topological polar surface area (TPSA) is 53.1 Å². The van der Waals surface area contributed by atoms with Crippen LogP contribution >= 0.6 is 15.9 Å². The molecule has 0 amide bonds. The molecule has 0 spiro atoms. The molecule has 0 aliphatic carbocycles. The minimum atomic E-state index is 0.108. The van der Waals surface area contributed by atoms with Gasteiger partial charge in [-0.3, -0.25) is 0 Å². The first kappa shape index (κ1) is 13.9. The summed E-state index contributed by atoms with van der Waals surface area (Å²) in [5, 5.41) is 0. The van der Waals surface area contributed by atoms with Crippen LogP contribution in [0.5, 0.6) is 5.75 Å². The molecule has 4 nitrogen and oxygen atoms in total. The fourth-order valence-corrected chi connectivity index (χ4v) is 2.79. The van der Waals surface area contributed by atoms with Crippen molar-refractivity contribution < 1.29 is 4.74 Å². The Morgan fingerprint density at radius 1 is 1.19 bits per heavy atom. The highest BCUT2D eigenvalue weighted by atomic mass is 79.9. The summed E-state index contributed by atoms with van der Waals surface area (Å²) in [7, 11) is 1.64. The molecule has 0 saturated heterocycles. The molecule has 21 heavy (non-hydrogen) atoms. The van der Waals surface area contributed by atoms with E-state index in [1.54, 1.807) is 7.11 Å². The van der Waals surface area contributed by atoms with Crippen LogP contribution < -0.4 is 10.5 Å². The Labute approximate surface area is 131 Å². The summed E-state index contributed by atoms with van der Waals surface area (Å²) < 4.78 is 8.34. The van der Waals surface area contributed by atoms with E-state index in [0.717, 1.165) is 21.3 Å². The molecule has 5 heteroatoms. The molecule has 2 N–H and O–H groups in total. The van der Waals surface area contributed by atoms with E-state index in [9.17, 15) is 0 Å². The lowest BCUT2D eigenvalue weighted by molar-refractivity contribution is 0.415. The minimum Gasteiger partial charge on any atom is -0.497 e. The van der Waals surface area contributed by atoms with Gasteiger partial charge in [0.15, 0.2) is 0 Å². The molecule has 1 unspecified atom stereocenters. The lowest BCUT2D eigenvalue weighted by Gasteiger charge is -2.16. The van der Waals surface area contributed by atoms with Gasteiger partial charge in [-0.15, -0.1) is 0 Å². The molecule has 0 aliphatic rings. The van der Waals surface area contributed by atoms with Gasteiger partial charge < -0.3 is 15.0 Å². The van der Waals surface area contributed by atoms with Crippen LogP contribution in [-0.2, 0) is 0 Å². The zero-order valence-electron chi connectivity index (χ0n) is 11.9. The Hall–Kier alpha value is -2.01. The smallest absolute Gasteiger partial charge is 0.201 e. The molecule has 1 atom stereocenters. The molecular weight excluding hydrogens is 330 g/mol. The number of fused-ring (bicyclic) bond motifs is 1. The summed E-state index contributed by atoms with van der Waals surface area (Å²) in [4.78, 5) is 4.44. The number of hydrogen-bond acceptors (Lipinski definition) is 3. The number of hydrogen-bond donors (Lipinski definition) is 1. The predicted octanol–water partition coefficient (Wildman–Crippen LogP) is 4.00. The quantitative estimate of drug-likeness (QED) is 0.780. The van der Waals surface area contributed by atoms with Crippen LogP contribution in [0.3, 0.4) is 0 Å². The zero-order chi connectivity index (χ0) is 15.0. The highest BCUT2D eigenvalue weighted by Crippen LogP contribution is 2.29. The zero-order valence-corrected chi connectivity index (χ0v) is 13.5. The van der Waals surface area contributed by atoms with Crippen LogP contribution in [0.1, 0.15) is 18.5 Å². The first-order valence-electron chi connectivity index (χ1n) is 6.67. The van der Waals surface area contributed by atoms with Crippen molar-refractivity contribution in [2.45, 2.75) is 13.0 Å². The van der Waals surface area contributed by atoms with Gasteiger partial charge in [0.05, 0.1) is 24.2 Å². The van der Waals surface area contributed by atoms with Gasteiger partial charge in [0.2, 0.25) is 5.95 Å². The maximum absolute atomic E-state index is 6.11. The third kappa shape index (κ3) is 2.49. The van der Waals surface area contributed by atoms with Gasteiger partial charge in [-0.05, 0) is 36.8 Å². The van der Waals surface area contributed by atoms with E-state index in [-0.39, 0.29) is 6.04 Å². The van der Waals surface area contributed by atoms with Crippen molar-refractivity contribution in [1.82, 2.24) is 9.55 Å². The maximum atomic E-state index is 6.11. The summed E-state index contributed by atoms with van der Waals surface area (Å²) in [6, 6.07) is 14.2. The largest absolute Gasteiger partial charge is 0.497 e. The predicted molar refractivity (Wildman–Crippen MR) is 88.7 cm³/mol. The molecule has 0 saturated carbocycles. The van der Waals surface area contributed by atoms with E-state index in [1.807, 2.05) is 34.9 Å². The van der Waals surface area contributed by atoms with Gasteiger partial charge >= 0.3 is 0 Å². The van der Waals surface area contributed by atoms with Crippen molar-refractivity contribution in [3.8, 4) is 5.75 Å². The number of rotatable bonds is 3. The third-order valence-electron chi connectivity index (χ3n) is 3.66. The number of nitrogens with two attached hydrogens (primary N) is 1. The lowest BCUT2D eigenvalue weighted by Crippen LogP contribution is -2.10.